The Morgan fingerprint density at radius 3 is 3.13 bits per heavy atom. The second-order valence-corrected chi connectivity index (χ2v) is 6.63. The highest BCUT2D eigenvalue weighted by atomic mass is 32.1. The summed E-state index contributed by atoms with van der Waals surface area (Å²) < 4.78 is 1.95. The summed E-state index contributed by atoms with van der Waals surface area (Å²) in [4.78, 5) is 15.7. The fourth-order valence-corrected chi connectivity index (χ4v) is 3.70. The maximum absolute atomic E-state index is 12.7. The predicted molar refractivity (Wildman–Crippen MR) is 88.3 cm³/mol. The number of aromatic amines is 1. The molecule has 0 bridgehead atoms. The van der Waals surface area contributed by atoms with Gasteiger partial charge in [-0.3, -0.25) is 14.6 Å². The van der Waals surface area contributed by atoms with Crippen LogP contribution in [0.25, 0.3) is 10.6 Å². The highest BCUT2D eigenvalue weighted by Crippen LogP contribution is 2.25. The van der Waals surface area contributed by atoms with Crippen molar-refractivity contribution in [3.05, 3.63) is 47.7 Å². The molecule has 3 aromatic rings. The first-order chi connectivity index (χ1) is 11.3. The van der Waals surface area contributed by atoms with E-state index in [1.807, 2.05) is 45.4 Å². The number of carbonyl (C=O) groups excluding carboxylic acids is 1. The van der Waals surface area contributed by atoms with Crippen molar-refractivity contribution in [2.24, 2.45) is 0 Å². The van der Waals surface area contributed by atoms with Gasteiger partial charge in [0.25, 0.3) is 5.91 Å². The number of nitrogens with zero attached hydrogens (tertiary/aromatic N) is 4. The van der Waals surface area contributed by atoms with Gasteiger partial charge in [-0.15, -0.1) is 11.3 Å². The number of aromatic nitrogens is 4. The number of H-pyrrole nitrogens is 1. The van der Waals surface area contributed by atoms with E-state index >= 15 is 0 Å². The molecule has 6 nitrogen and oxygen atoms in total. The number of rotatable bonds is 3. The number of likely N-dealkylation sites (tertiary alicyclic amines) is 1. The van der Waals surface area contributed by atoms with Crippen LogP contribution in [0.2, 0.25) is 0 Å². The van der Waals surface area contributed by atoms with E-state index in [-0.39, 0.29) is 11.9 Å². The monoisotopic (exact) mass is 327 g/mol. The van der Waals surface area contributed by atoms with Crippen LogP contribution < -0.4 is 0 Å². The lowest BCUT2D eigenvalue weighted by molar-refractivity contribution is 0.0667. The Morgan fingerprint density at radius 2 is 2.35 bits per heavy atom. The Labute approximate surface area is 137 Å². The van der Waals surface area contributed by atoms with Crippen LogP contribution in [0, 0.1) is 0 Å². The van der Waals surface area contributed by atoms with E-state index < -0.39 is 0 Å². The summed E-state index contributed by atoms with van der Waals surface area (Å²) in [6.07, 6.45) is 5.77. The van der Waals surface area contributed by atoms with Crippen molar-refractivity contribution < 1.29 is 4.79 Å². The summed E-state index contributed by atoms with van der Waals surface area (Å²) in [6.45, 7) is 1.46. The van der Waals surface area contributed by atoms with Crippen molar-refractivity contribution in [2.45, 2.75) is 18.9 Å². The lowest BCUT2D eigenvalue weighted by Crippen LogP contribution is -2.41. The van der Waals surface area contributed by atoms with Crippen molar-refractivity contribution in [3.8, 4) is 10.6 Å². The van der Waals surface area contributed by atoms with E-state index in [4.69, 9.17) is 0 Å². The molecule has 1 saturated heterocycles. The average molecular weight is 327 g/mol. The van der Waals surface area contributed by atoms with Crippen LogP contribution in [0.5, 0.6) is 0 Å². The molecule has 0 saturated carbocycles. The van der Waals surface area contributed by atoms with Crippen molar-refractivity contribution in [1.82, 2.24) is 24.9 Å². The molecule has 1 aliphatic heterocycles. The van der Waals surface area contributed by atoms with Gasteiger partial charge in [-0.2, -0.15) is 10.2 Å². The molecule has 23 heavy (non-hydrogen) atoms. The van der Waals surface area contributed by atoms with Gasteiger partial charge in [-0.25, -0.2) is 0 Å². The molecule has 1 N–H and O–H groups in total. The van der Waals surface area contributed by atoms with Gasteiger partial charge in [0.15, 0.2) is 5.69 Å². The summed E-state index contributed by atoms with van der Waals surface area (Å²) in [6, 6.07) is 8.01. The minimum atomic E-state index is -0.0130. The van der Waals surface area contributed by atoms with E-state index in [9.17, 15) is 4.79 Å². The third-order valence-electron chi connectivity index (χ3n) is 4.17. The van der Waals surface area contributed by atoms with Crippen LogP contribution in [0.3, 0.4) is 0 Å². The highest BCUT2D eigenvalue weighted by molar-refractivity contribution is 7.13. The van der Waals surface area contributed by atoms with E-state index in [1.165, 1.54) is 0 Å². The summed E-state index contributed by atoms with van der Waals surface area (Å²) >= 11 is 1.63. The van der Waals surface area contributed by atoms with Crippen molar-refractivity contribution >= 4 is 17.2 Å². The minimum absolute atomic E-state index is 0.0130. The number of carbonyl (C=O) groups is 1. The lowest BCUT2D eigenvalue weighted by atomic mass is 10.1. The molecule has 4 rings (SSSR count). The molecule has 1 aliphatic rings. The zero-order valence-corrected chi connectivity index (χ0v) is 13.4. The number of hydrogen-bond acceptors (Lipinski definition) is 4. The smallest absolute Gasteiger partial charge is 0.274 e. The third-order valence-corrected chi connectivity index (χ3v) is 5.07. The van der Waals surface area contributed by atoms with Crippen molar-refractivity contribution in [1.29, 1.82) is 0 Å². The minimum Gasteiger partial charge on any atom is -0.335 e. The fraction of sp³-hybridized carbons (Fsp3) is 0.312. The summed E-state index contributed by atoms with van der Waals surface area (Å²) in [5.74, 6) is -0.0130. The van der Waals surface area contributed by atoms with Gasteiger partial charge in [0.2, 0.25) is 0 Å². The number of hydrogen-bond donors (Lipinski definition) is 1. The highest BCUT2D eigenvalue weighted by Gasteiger charge is 2.27. The second-order valence-electron chi connectivity index (χ2n) is 5.68. The second kappa shape index (κ2) is 6.00. The number of nitrogens with one attached hydrogen (secondary N) is 1. The van der Waals surface area contributed by atoms with Crippen LogP contribution in [-0.2, 0) is 0 Å². The summed E-state index contributed by atoms with van der Waals surface area (Å²) in [5, 5.41) is 13.5. The molecule has 1 fully saturated rings. The molecule has 1 atom stereocenters. The van der Waals surface area contributed by atoms with Gasteiger partial charge in [-0.05, 0) is 36.4 Å². The average Bonchev–Trinajstić information content (AvgIpc) is 3.36. The largest absolute Gasteiger partial charge is 0.335 e. The molecule has 0 unspecified atom stereocenters. The number of amides is 1. The molecule has 0 spiro atoms. The summed E-state index contributed by atoms with van der Waals surface area (Å²) in [5.41, 5.74) is 1.37. The predicted octanol–water partition coefficient (Wildman–Crippen LogP) is 2.81. The van der Waals surface area contributed by atoms with Crippen LogP contribution in [0.4, 0.5) is 0 Å². The van der Waals surface area contributed by atoms with Gasteiger partial charge in [-0.1, -0.05) is 6.07 Å². The van der Waals surface area contributed by atoms with Gasteiger partial charge >= 0.3 is 0 Å². The van der Waals surface area contributed by atoms with Crippen molar-refractivity contribution in [3.63, 3.8) is 0 Å². The first-order valence-corrected chi connectivity index (χ1v) is 8.57. The maximum atomic E-state index is 12.7. The SMILES string of the molecule is O=C(c1cc(-c2cccs2)[nH]n1)N1CCC[C@@H](n2cccn2)C1. The molecular formula is C16H17N5OS. The molecule has 3 aromatic heterocycles. The Bertz CT molecular complexity index is 777. The Morgan fingerprint density at radius 1 is 1.39 bits per heavy atom. The number of piperidine rings is 1. The van der Waals surface area contributed by atoms with Gasteiger partial charge in [0, 0.05) is 25.5 Å². The van der Waals surface area contributed by atoms with E-state index in [1.54, 1.807) is 17.5 Å². The van der Waals surface area contributed by atoms with Crippen molar-refractivity contribution in [2.75, 3.05) is 13.1 Å². The molecule has 0 aliphatic carbocycles. The van der Waals surface area contributed by atoms with Gasteiger partial charge in [0.05, 0.1) is 16.6 Å². The lowest BCUT2D eigenvalue weighted by Gasteiger charge is -2.32. The van der Waals surface area contributed by atoms with E-state index in [2.05, 4.69) is 15.3 Å². The number of thiophene rings is 1. The van der Waals surface area contributed by atoms with Crippen LogP contribution in [-0.4, -0.2) is 43.9 Å². The van der Waals surface area contributed by atoms with Gasteiger partial charge in [0.1, 0.15) is 0 Å². The van der Waals surface area contributed by atoms with E-state index in [0.717, 1.165) is 30.0 Å². The van der Waals surface area contributed by atoms with Crippen LogP contribution in [0.1, 0.15) is 29.4 Å². The molecular weight excluding hydrogens is 310 g/mol. The standard InChI is InChI=1S/C16H17N5OS/c22-16(14-10-13(18-19-14)15-5-2-9-23-15)20-7-1-4-12(11-20)21-8-3-6-17-21/h2-3,5-6,8-10,12H,1,4,7,11H2,(H,18,19)/t12-/m1/s1. The Hall–Kier alpha value is -2.41. The molecule has 118 valence electrons. The van der Waals surface area contributed by atoms with Crippen LogP contribution in [0.15, 0.2) is 42.0 Å². The van der Waals surface area contributed by atoms with E-state index in [0.29, 0.717) is 12.2 Å². The molecule has 4 heterocycles. The quantitative estimate of drug-likeness (QED) is 0.804. The first-order valence-electron chi connectivity index (χ1n) is 7.69. The molecule has 0 radical (unpaired) electrons. The van der Waals surface area contributed by atoms with Crippen LogP contribution >= 0.6 is 11.3 Å². The molecule has 0 aromatic carbocycles. The normalized spacial score (nSPS) is 18.3. The summed E-state index contributed by atoms with van der Waals surface area (Å²) in [7, 11) is 0. The topological polar surface area (TPSA) is 66.8 Å². The maximum Gasteiger partial charge on any atom is 0.274 e. The Balaban J connectivity index is 1.50. The first kappa shape index (κ1) is 14.2. The Kier molecular flexibility index (Phi) is 3.70. The van der Waals surface area contributed by atoms with Gasteiger partial charge < -0.3 is 4.90 Å². The molecule has 7 heteroatoms. The molecule has 1 amide bonds. The zero-order valence-electron chi connectivity index (χ0n) is 12.6. The zero-order chi connectivity index (χ0) is 15.6. The fourth-order valence-electron chi connectivity index (χ4n) is 3.00. The third kappa shape index (κ3) is 2.79.